The summed E-state index contributed by atoms with van der Waals surface area (Å²) in [6, 6.07) is 11.9. The molecular weight excluding hydrogens is 266 g/mol. The molecule has 1 heterocycles. The molecule has 2 aromatic rings. The van der Waals surface area contributed by atoms with Crippen LogP contribution < -0.4 is 11.1 Å². The van der Waals surface area contributed by atoms with E-state index < -0.39 is 0 Å². The van der Waals surface area contributed by atoms with Crippen molar-refractivity contribution in [2.45, 2.75) is 32.4 Å². The van der Waals surface area contributed by atoms with E-state index in [0.717, 1.165) is 36.3 Å². The highest BCUT2D eigenvalue weighted by Gasteiger charge is 2.05. The van der Waals surface area contributed by atoms with Gasteiger partial charge in [-0.05, 0) is 37.1 Å². The van der Waals surface area contributed by atoms with Crippen molar-refractivity contribution in [3.63, 3.8) is 0 Å². The minimum absolute atomic E-state index is 0.128. The van der Waals surface area contributed by atoms with Crippen LogP contribution in [0, 0.1) is 0 Å². The Balaban J connectivity index is 1.82. The largest absolute Gasteiger partial charge is 0.469 e. The number of oxime groups is 1. The van der Waals surface area contributed by atoms with Gasteiger partial charge in [0, 0.05) is 24.6 Å². The minimum atomic E-state index is 0.128. The second-order valence-corrected chi connectivity index (χ2v) is 5.09. The van der Waals surface area contributed by atoms with Gasteiger partial charge in [-0.3, -0.25) is 0 Å². The summed E-state index contributed by atoms with van der Waals surface area (Å²) in [5, 5.41) is 15.2. The van der Waals surface area contributed by atoms with Crippen molar-refractivity contribution in [1.29, 1.82) is 0 Å². The molecule has 0 saturated carbocycles. The number of hydrogen-bond acceptors (Lipinski definition) is 4. The maximum absolute atomic E-state index is 8.70. The zero-order valence-corrected chi connectivity index (χ0v) is 12.1. The number of aryl methyl sites for hydroxylation is 1. The van der Waals surface area contributed by atoms with Gasteiger partial charge in [-0.1, -0.05) is 23.4 Å². The third kappa shape index (κ3) is 4.65. The van der Waals surface area contributed by atoms with E-state index in [9.17, 15) is 0 Å². The van der Waals surface area contributed by atoms with Crippen molar-refractivity contribution in [2.75, 3.05) is 0 Å². The number of nitrogens with two attached hydrogens (primary N) is 1. The van der Waals surface area contributed by atoms with Crippen LogP contribution in [0.25, 0.3) is 0 Å². The fraction of sp³-hybridized carbons (Fsp3) is 0.312. The number of amidine groups is 1. The smallest absolute Gasteiger partial charge is 0.170 e. The number of hydrogen-bond donors (Lipinski definition) is 3. The highest BCUT2D eigenvalue weighted by molar-refractivity contribution is 5.97. The van der Waals surface area contributed by atoms with E-state index in [1.165, 1.54) is 0 Å². The molecule has 0 aliphatic heterocycles. The van der Waals surface area contributed by atoms with E-state index in [1.54, 1.807) is 6.26 Å². The standard InChI is InChI=1S/C16H21N3O2/c1-12(7-8-15-6-3-9-21-15)18-11-13-4-2-5-14(10-13)16(17)19-20/h2-6,9-10,12,18,20H,7-8,11H2,1H3,(H2,17,19). The summed E-state index contributed by atoms with van der Waals surface area (Å²) >= 11 is 0. The van der Waals surface area contributed by atoms with Crippen LogP contribution >= 0.6 is 0 Å². The Morgan fingerprint density at radius 1 is 1.38 bits per heavy atom. The lowest BCUT2D eigenvalue weighted by Crippen LogP contribution is -2.26. The lowest BCUT2D eigenvalue weighted by molar-refractivity contribution is 0.318. The fourth-order valence-electron chi connectivity index (χ4n) is 2.11. The van der Waals surface area contributed by atoms with Crippen molar-refractivity contribution in [2.24, 2.45) is 10.9 Å². The maximum Gasteiger partial charge on any atom is 0.170 e. The number of benzene rings is 1. The van der Waals surface area contributed by atoms with Crippen LogP contribution in [0.3, 0.4) is 0 Å². The van der Waals surface area contributed by atoms with Crippen LogP contribution in [0.5, 0.6) is 0 Å². The first-order valence-corrected chi connectivity index (χ1v) is 7.01. The average Bonchev–Trinajstić information content (AvgIpc) is 3.04. The first-order chi connectivity index (χ1) is 10.2. The summed E-state index contributed by atoms with van der Waals surface area (Å²) in [4.78, 5) is 0. The van der Waals surface area contributed by atoms with E-state index in [-0.39, 0.29) is 5.84 Å². The molecule has 21 heavy (non-hydrogen) atoms. The molecule has 5 nitrogen and oxygen atoms in total. The lowest BCUT2D eigenvalue weighted by Gasteiger charge is -2.13. The monoisotopic (exact) mass is 287 g/mol. The zero-order valence-electron chi connectivity index (χ0n) is 12.1. The van der Waals surface area contributed by atoms with Crippen molar-refractivity contribution in [3.8, 4) is 0 Å². The molecular formula is C16H21N3O2. The topological polar surface area (TPSA) is 83.8 Å². The van der Waals surface area contributed by atoms with Crippen LogP contribution in [0.2, 0.25) is 0 Å². The molecule has 4 N–H and O–H groups in total. The summed E-state index contributed by atoms with van der Waals surface area (Å²) < 4.78 is 5.32. The molecule has 0 aliphatic rings. The molecule has 0 aliphatic carbocycles. The third-order valence-corrected chi connectivity index (χ3v) is 3.39. The van der Waals surface area contributed by atoms with Crippen LogP contribution in [-0.2, 0) is 13.0 Å². The Morgan fingerprint density at radius 2 is 2.24 bits per heavy atom. The molecule has 1 aromatic heterocycles. The number of nitrogens with one attached hydrogen (secondary N) is 1. The minimum Gasteiger partial charge on any atom is -0.469 e. The van der Waals surface area contributed by atoms with Crippen LogP contribution in [0.4, 0.5) is 0 Å². The van der Waals surface area contributed by atoms with Gasteiger partial charge in [-0.25, -0.2) is 0 Å². The second-order valence-electron chi connectivity index (χ2n) is 5.09. The van der Waals surface area contributed by atoms with Gasteiger partial charge in [0.15, 0.2) is 5.84 Å². The Hall–Kier alpha value is -2.27. The highest BCUT2D eigenvalue weighted by atomic mass is 16.4. The Labute approximate surface area is 124 Å². The van der Waals surface area contributed by atoms with Gasteiger partial charge >= 0.3 is 0 Å². The zero-order chi connectivity index (χ0) is 15.1. The number of nitrogens with zero attached hydrogens (tertiary/aromatic N) is 1. The Kier molecular flexibility index (Phi) is 5.40. The predicted molar refractivity (Wildman–Crippen MR) is 82.3 cm³/mol. The molecule has 1 atom stereocenters. The van der Waals surface area contributed by atoms with Crippen molar-refractivity contribution < 1.29 is 9.62 Å². The average molecular weight is 287 g/mol. The summed E-state index contributed by atoms with van der Waals surface area (Å²) in [6.45, 7) is 2.89. The molecule has 0 spiro atoms. The normalized spacial score (nSPS) is 13.3. The lowest BCUT2D eigenvalue weighted by atomic mass is 10.1. The number of rotatable bonds is 7. The van der Waals surface area contributed by atoms with E-state index in [0.29, 0.717) is 6.04 Å². The molecule has 0 saturated heterocycles. The fourth-order valence-corrected chi connectivity index (χ4v) is 2.11. The van der Waals surface area contributed by atoms with Gasteiger partial charge in [0.25, 0.3) is 0 Å². The van der Waals surface area contributed by atoms with Gasteiger partial charge in [-0.2, -0.15) is 0 Å². The van der Waals surface area contributed by atoms with Crippen LogP contribution in [0.1, 0.15) is 30.2 Å². The van der Waals surface area contributed by atoms with Crippen LogP contribution in [0.15, 0.2) is 52.2 Å². The Bertz CT molecular complexity index is 579. The molecule has 5 heteroatoms. The van der Waals surface area contributed by atoms with Gasteiger partial charge in [0.05, 0.1) is 6.26 Å². The molecule has 2 rings (SSSR count). The number of furan rings is 1. The summed E-state index contributed by atoms with van der Waals surface area (Å²) in [7, 11) is 0. The van der Waals surface area contributed by atoms with Crippen molar-refractivity contribution in [1.82, 2.24) is 5.32 Å². The molecule has 0 radical (unpaired) electrons. The van der Waals surface area contributed by atoms with E-state index in [1.807, 2.05) is 36.4 Å². The maximum atomic E-state index is 8.70. The first-order valence-electron chi connectivity index (χ1n) is 7.01. The van der Waals surface area contributed by atoms with Gasteiger partial charge in [0.2, 0.25) is 0 Å². The molecule has 0 fully saturated rings. The second kappa shape index (κ2) is 7.50. The highest BCUT2D eigenvalue weighted by Crippen LogP contribution is 2.08. The molecule has 1 aromatic carbocycles. The first kappa shape index (κ1) is 15.1. The summed E-state index contributed by atoms with van der Waals surface area (Å²) in [5.41, 5.74) is 7.41. The van der Waals surface area contributed by atoms with E-state index in [2.05, 4.69) is 17.4 Å². The van der Waals surface area contributed by atoms with Crippen molar-refractivity contribution in [3.05, 3.63) is 59.5 Å². The summed E-state index contributed by atoms with van der Waals surface area (Å²) in [5.74, 6) is 1.14. The van der Waals surface area contributed by atoms with Gasteiger partial charge in [0.1, 0.15) is 5.76 Å². The SMILES string of the molecule is CC(CCc1ccco1)NCc1cccc(C(N)=NO)c1. The summed E-state index contributed by atoms with van der Waals surface area (Å²) in [6.07, 6.45) is 3.63. The predicted octanol–water partition coefficient (Wildman–Crippen LogP) is 2.49. The van der Waals surface area contributed by atoms with E-state index >= 15 is 0 Å². The van der Waals surface area contributed by atoms with Crippen molar-refractivity contribution >= 4 is 5.84 Å². The molecule has 112 valence electrons. The van der Waals surface area contributed by atoms with Gasteiger partial charge in [-0.15, -0.1) is 0 Å². The Morgan fingerprint density at radius 3 is 2.95 bits per heavy atom. The third-order valence-electron chi connectivity index (χ3n) is 3.39. The van der Waals surface area contributed by atoms with E-state index in [4.69, 9.17) is 15.4 Å². The molecule has 1 unspecified atom stereocenters. The van der Waals surface area contributed by atoms with Crippen LogP contribution in [-0.4, -0.2) is 17.1 Å². The quantitative estimate of drug-likeness (QED) is 0.316. The molecule has 0 amide bonds. The van der Waals surface area contributed by atoms with Gasteiger partial charge < -0.3 is 20.7 Å². The molecule has 0 bridgehead atoms.